The molecule has 0 amide bonds. The van der Waals surface area contributed by atoms with E-state index in [0.717, 1.165) is 18.6 Å². The summed E-state index contributed by atoms with van der Waals surface area (Å²) in [5, 5.41) is 3.43. The molecule has 3 heteroatoms. The molecule has 1 saturated heterocycles. The number of aromatic nitrogens is 2. The van der Waals surface area contributed by atoms with Crippen molar-refractivity contribution >= 4 is 11.0 Å². The molecule has 96 valence electrons. The van der Waals surface area contributed by atoms with E-state index >= 15 is 0 Å². The first kappa shape index (κ1) is 11.7. The van der Waals surface area contributed by atoms with Crippen molar-refractivity contribution in [1.29, 1.82) is 0 Å². The summed E-state index contributed by atoms with van der Waals surface area (Å²) >= 11 is 0. The smallest absolute Gasteiger partial charge is 0.112 e. The molecule has 1 aromatic carbocycles. The predicted molar refractivity (Wildman–Crippen MR) is 75.0 cm³/mol. The van der Waals surface area contributed by atoms with Crippen molar-refractivity contribution in [3.63, 3.8) is 0 Å². The molecule has 1 aliphatic rings. The Morgan fingerprint density at radius 3 is 2.89 bits per heavy atom. The SMILES string of the molecule is CC(C)c1nc2cc(C3CCNC3)ccc2n1C. The van der Waals surface area contributed by atoms with Gasteiger partial charge in [0.25, 0.3) is 0 Å². The minimum atomic E-state index is 0.471. The van der Waals surface area contributed by atoms with Crippen LogP contribution in [0.1, 0.15) is 43.5 Å². The molecule has 2 heterocycles. The average molecular weight is 243 g/mol. The third-order valence-corrected chi connectivity index (χ3v) is 3.99. The molecule has 0 spiro atoms. The third-order valence-electron chi connectivity index (χ3n) is 3.99. The van der Waals surface area contributed by atoms with Crippen LogP contribution in [0.2, 0.25) is 0 Å². The first-order valence-electron chi connectivity index (χ1n) is 6.84. The van der Waals surface area contributed by atoms with Gasteiger partial charge in [-0.15, -0.1) is 0 Å². The summed E-state index contributed by atoms with van der Waals surface area (Å²) in [7, 11) is 2.11. The summed E-state index contributed by atoms with van der Waals surface area (Å²) < 4.78 is 2.22. The summed E-state index contributed by atoms with van der Waals surface area (Å²) in [6.45, 7) is 6.64. The molecule has 18 heavy (non-hydrogen) atoms. The topological polar surface area (TPSA) is 29.9 Å². The van der Waals surface area contributed by atoms with Crippen LogP contribution in [0.3, 0.4) is 0 Å². The second-order valence-corrected chi connectivity index (χ2v) is 5.62. The van der Waals surface area contributed by atoms with Crippen LogP contribution in [0.25, 0.3) is 11.0 Å². The maximum Gasteiger partial charge on any atom is 0.112 e. The van der Waals surface area contributed by atoms with E-state index in [4.69, 9.17) is 4.98 Å². The number of rotatable bonds is 2. The van der Waals surface area contributed by atoms with E-state index in [9.17, 15) is 0 Å². The van der Waals surface area contributed by atoms with Crippen LogP contribution in [0.4, 0.5) is 0 Å². The van der Waals surface area contributed by atoms with Gasteiger partial charge in [0.05, 0.1) is 11.0 Å². The van der Waals surface area contributed by atoms with E-state index in [1.165, 1.54) is 23.3 Å². The normalized spacial score (nSPS) is 20.1. The molecular formula is C15H21N3. The third kappa shape index (κ3) is 1.83. The molecule has 1 atom stereocenters. The van der Waals surface area contributed by atoms with Crippen LogP contribution in [-0.4, -0.2) is 22.6 Å². The minimum Gasteiger partial charge on any atom is -0.331 e. The van der Waals surface area contributed by atoms with Crippen molar-refractivity contribution < 1.29 is 0 Å². The van der Waals surface area contributed by atoms with Crippen LogP contribution in [0, 0.1) is 0 Å². The highest BCUT2D eigenvalue weighted by Crippen LogP contribution is 2.27. The number of nitrogens with one attached hydrogen (secondary N) is 1. The van der Waals surface area contributed by atoms with E-state index < -0.39 is 0 Å². The van der Waals surface area contributed by atoms with Crippen LogP contribution < -0.4 is 5.32 Å². The van der Waals surface area contributed by atoms with Crippen molar-refractivity contribution in [3.8, 4) is 0 Å². The summed E-state index contributed by atoms with van der Waals surface area (Å²) in [6.07, 6.45) is 1.25. The zero-order chi connectivity index (χ0) is 12.7. The Bertz CT molecular complexity index is 562. The van der Waals surface area contributed by atoms with E-state index in [-0.39, 0.29) is 0 Å². The van der Waals surface area contributed by atoms with Gasteiger partial charge in [0, 0.05) is 19.5 Å². The Kier molecular flexibility index (Phi) is 2.86. The van der Waals surface area contributed by atoms with E-state index in [1.807, 2.05) is 0 Å². The molecule has 1 N–H and O–H groups in total. The highest BCUT2D eigenvalue weighted by molar-refractivity contribution is 5.77. The summed E-state index contributed by atoms with van der Waals surface area (Å²) in [5.41, 5.74) is 3.82. The summed E-state index contributed by atoms with van der Waals surface area (Å²) in [4.78, 5) is 4.79. The van der Waals surface area contributed by atoms with Gasteiger partial charge in [-0.05, 0) is 36.6 Å². The molecular weight excluding hydrogens is 222 g/mol. The Labute approximate surface area is 108 Å². The van der Waals surface area contributed by atoms with Crippen molar-refractivity contribution in [2.24, 2.45) is 7.05 Å². The molecule has 1 aliphatic heterocycles. The lowest BCUT2D eigenvalue weighted by atomic mass is 9.98. The molecule has 0 radical (unpaired) electrons. The number of fused-ring (bicyclic) bond motifs is 1. The molecule has 1 fully saturated rings. The van der Waals surface area contributed by atoms with Gasteiger partial charge in [0.2, 0.25) is 0 Å². The zero-order valence-electron chi connectivity index (χ0n) is 11.4. The maximum atomic E-state index is 4.79. The molecule has 3 nitrogen and oxygen atoms in total. The van der Waals surface area contributed by atoms with Crippen molar-refractivity contribution in [3.05, 3.63) is 29.6 Å². The second-order valence-electron chi connectivity index (χ2n) is 5.62. The highest BCUT2D eigenvalue weighted by atomic mass is 15.1. The van der Waals surface area contributed by atoms with E-state index in [1.54, 1.807) is 0 Å². The number of hydrogen-bond acceptors (Lipinski definition) is 2. The van der Waals surface area contributed by atoms with Gasteiger partial charge in [0.1, 0.15) is 5.82 Å². The number of aryl methyl sites for hydroxylation is 1. The van der Waals surface area contributed by atoms with Crippen molar-refractivity contribution in [2.75, 3.05) is 13.1 Å². The minimum absolute atomic E-state index is 0.471. The van der Waals surface area contributed by atoms with Crippen LogP contribution in [0.15, 0.2) is 18.2 Å². The van der Waals surface area contributed by atoms with E-state index in [0.29, 0.717) is 11.8 Å². The Morgan fingerprint density at radius 1 is 1.39 bits per heavy atom. The lowest BCUT2D eigenvalue weighted by Gasteiger charge is -2.08. The molecule has 3 rings (SSSR count). The molecule has 0 aliphatic carbocycles. The standard InChI is InChI=1S/C15H21N3/c1-10(2)15-17-13-8-11(12-6-7-16-9-12)4-5-14(13)18(15)3/h4-5,8,10,12,16H,6-7,9H2,1-3H3. The van der Waals surface area contributed by atoms with Crippen molar-refractivity contribution in [1.82, 2.24) is 14.9 Å². The maximum absolute atomic E-state index is 4.79. The van der Waals surface area contributed by atoms with Crippen LogP contribution in [-0.2, 0) is 7.05 Å². The fraction of sp³-hybridized carbons (Fsp3) is 0.533. The molecule has 0 bridgehead atoms. The van der Waals surface area contributed by atoms with Gasteiger partial charge in [0.15, 0.2) is 0 Å². The number of imidazole rings is 1. The molecule has 2 aromatic rings. The fourth-order valence-corrected chi connectivity index (χ4v) is 2.94. The lowest BCUT2D eigenvalue weighted by Crippen LogP contribution is -2.07. The number of hydrogen-bond donors (Lipinski definition) is 1. The van der Waals surface area contributed by atoms with Gasteiger partial charge < -0.3 is 9.88 Å². The van der Waals surface area contributed by atoms with Gasteiger partial charge in [-0.1, -0.05) is 19.9 Å². The summed E-state index contributed by atoms with van der Waals surface area (Å²) in [6, 6.07) is 6.77. The largest absolute Gasteiger partial charge is 0.331 e. The Morgan fingerprint density at radius 2 is 2.22 bits per heavy atom. The summed E-state index contributed by atoms with van der Waals surface area (Å²) in [5.74, 6) is 2.31. The molecule has 0 saturated carbocycles. The van der Waals surface area contributed by atoms with E-state index in [2.05, 4.69) is 49.0 Å². The average Bonchev–Trinajstić information content (AvgIpc) is 2.97. The molecule has 1 aromatic heterocycles. The Balaban J connectivity index is 2.06. The zero-order valence-corrected chi connectivity index (χ0v) is 11.4. The van der Waals surface area contributed by atoms with Gasteiger partial charge in [-0.2, -0.15) is 0 Å². The first-order valence-corrected chi connectivity index (χ1v) is 6.84. The van der Waals surface area contributed by atoms with Gasteiger partial charge in [-0.3, -0.25) is 0 Å². The monoisotopic (exact) mass is 243 g/mol. The lowest BCUT2D eigenvalue weighted by molar-refractivity contribution is 0.722. The van der Waals surface area contributed by atoms with Crippen LogP contribution >= 0.6 is 0 Å². The van der Waals surface area contributed by atoms with Crippen LogP contribution in [0.5, 0.6) is 0 Å². The molecule has 1 unspecified atom stereocenters. The second kappa shape index (κ2) is 4.39. The van der Waals surface area contributed by atoms with Crippen molar-refractivity contribution in [2.45, 2.75) is 32.1 Å². The first-order chi connectivity index (χ1) is 8.66. The quantitative estimate of drug-likeness (QED) is 0.879. The number of benzene rings is 1. The van der Waals surface area contributed by atoms with Gasteiger partial charge in [-0.25, -0.2) is 4.98 Å². The fourth-order valence-electron chi connectivity index (χ4n) is 2.94. The van der Waals surface area contributed by atoms with Gasteiger partial charge >= 0.3 is 0 Å². The Hall–Kier alpha value is -1.35. The predicted octanol–water partition coefficient (Wildman–Crippen LogP) is 2.77. The highest BCUT2D eigenvalue weighted by Gasteiger charge is 2.18. The number of nitrogens with zero attached hydrogens (tertiary/aromatic N) is 2.